The fourth-order valence-corrected chi connectivity index (χ4v) is 3.79. The third-order valence-corrected chi connectivity index (χ3v) is 5.49. The summed E-state index contributed by atoms with van der Waals surface area (Å²) >= 11 is 10.8. The number of benzene rings is 2. The number of halogens is 2. The molecule has 0 radical (unpaired) electrons. The number of hydrazone groups is 1. The predicted molar refractivity (Wildman–Crippen MR) is 120 cm³/mol. The number of rotatable bonds is 8. The van der Waals surface area contributed by atoms with E-state index in [0.717, 1.165) is 16.9 Å². The molecule has 30 heavy (non-hydrogen) atoms. The van der Waals surface area contributed by atoms with Crippen molar-refractivity contribution < 1.29 is 14.3 Å². The molecule has 3 aromatic rings. The van der Waals surface area contributed by atoms with E-state index in [-0.39, 0.29) is 18.9 Å². The van der Waals surface area contributed by atoms with E-state index >= 15 is 0 Å². The lowest BCUT2D eigenvalue weighted by atomic mass is 10.2. The fourth-order valence-electron chi connectivity index (χ4n) is 2.41. The first kappa shape index (κ1) is 22.0. The van der Waals surface area contributed by atoms with E-state index in [2.05, 4.69) is 36.7 Å². The van der Waals surface area contributed by atoms with Crippen LogP contribution < -0.4 is 20.6 Å². The van der Waals surface area contributed by atoms with Gasteiger partial charge in [-0.25, -0.2) is 5.43 Å². The normalized spacial score (nSPS) is 10.9. The number of nitrogens with zero attached hydrogens (tertiary/aromatic N) is 3. The summed E-state index contributed by atoms with van der Waals surface area (Å²) in [5.41, 5.74) is 9.49. The molecule has 0 saturated carbocycles. The van der Waals surface area contributed by atoms with Crippen LogP contribution in [0.4, 0.5) is 5.13 Å². The molecular weight excluding hydrogens is 494 g/mol. The monoisotopic (exact) mass is 509 g/mol. The third-order valence-electron chi connectivity index (χ3n) is 3.78. The highest BCUT2D eigenvalue weighted by Crippen LogP contribution is 2.37. The van der Waals surface area contributed by atoms with Crippen molar-refractivity contribution in [2.24, 2.45) is 5.10 Å². The summed E-state index contributed by atoms with van der Waals surface area (Å²) in [4.78, 5) is 11.9. The Labute approximate surface area is 190 Å². The number of nitrogens with one attached hydrogen (secondary N) is 1. The molecule has 1 heterocycles. The van der Waals surface area contributed by atoms with Crippen LogP contribution in [0.3, 0.4) is 0 Å². The van der Waals surface area contributed by atoms with Gasteiger partial charge in [-0.15, -0.1) is 10.2 Å². The van der Waals surface area contributed by atoms with Gasteiger partial charge in [-0.05, 0) is 39.7 Å². The molecule has 3 rings (SSSR count). The number of aromatic nitrogens is 2. The summed E-state index contributed by atoms with van der Waals surface area (Å²) in [6.07, 6.45) is 1.55. The van der Waals surface area contributed by atoms with E-state index in [4.69, 9.17) is 26.8 Å². The number of methoxy groups -OCH3 is 1. The molecule has 8 nitrogen and oxygen atoms in total. The molecule has 3 N–H and O–H groups in total. The smallest absolute Gasteiger partial charge is 0.247 e. The van der Waals surface area contributed by atoms with Gasteiger partial charge in [0.25, 0.3) is 0 Å². The molecule has 156 valence electrons. The van der Waals surface area contributed by atoms with Crippen molar-refractivity contribution >= 4 is 56.1 Å². The maximum Gasteiger partial charge on any atom is 0.247 e. The number of nitrogens with two attached hydrogens (primary N) is 1. The number of carbonyl (C=O) groups is 1. The molecule has 1 amide bonds. The Bertz CT molecular complexity index is 1080. The molecule has 0 spiro atoms. The maximum atomic E-state index is 11.9. The topological polar surface area (TPSA) is 112 Å². The molecule has 0 aliphatic heterocycles. The van der Waals surface area contributed by atoms with Gasteiger partial charge in [0, 0.05) is 10.6 Å². The maximum absolute atomic E-state index is 11.9. The second-order valence-corrected chi connectivity index (χ2v) is 8.27. The van der Waals surface area contributed by atoms with E-state index in [0.29, 0.717) is 36.7 Å². The Morgan fingerprint density at radius 2 is 2.17 bits per heavy atom. The van der Waals surface area contributed by atoms with Gasteiger partial charge >= 0.3 is 0 Å². The average Bonchev–Trinajstić information content (AvgIpc) is 3.12. The van der Waals surface area contributed by atoms with E-state index < -0.39 is 0 Å². The van der Waals surface area contributed by atoms with Crippen LogP contribution in [0.15, 0.2) is 46.0 Å². The minimum Gasteiger partial charge on any atom is -0.493 e. The lowest BCUT2D eigenvalue weighted by Crippen LogP contribution is -2.19. The number of hydrogen-bond acceptors (Lipinski definition) is 8. The third kappa shape index (κ3) is 5.91. The first-order valence-corrected chi connectivity index (χ1v) is 10.6. The summed E-state index contributed by atoms with van der Waals surface area (Å²) in [5, 5.41) is 12.9. The summed E-state index contributed by atoms with van der Waals surface area (Å²) in [5.74, 6) is 0.717. The van der Waals surface area contributed by atoms with E-state index in [1.807, 2.05) is 18.2 Å². The second kappa shape index (κ2) is 10.4. The number of ether oxygens (including phenoxy) is 2. The molecule has 1 aromatic heterocycles. The highest BCUT2D eigenvalue weighted by molar-refractivity contribution is 9.10. The van der Waals surface area contributed by atoms with Gasteiger partial charge in [0.1, 0.15) is 11.6 Å². The molecule has 0 aliphatic rings. The van der Waals surface area contributed by atoms with Crippen LogP contribution in [0.5, 0.6) is 11.5 Å². The van der Waals surface area contributed by atoms with E-state index in [9.17, 15) is 4.79 Å². The van der Waals surface area contributed by atoms with Crippen molar-refractivity contribution in [3.05, 3.63) is 62.0 Å². The number of anilines is 1. The van der Waals surface area contributed by atoms with Crippen LogP contribution in [0.25, 0.3) is 0 Å². The number of carbonyl (C=O) groups excluding carboxylic acids is 1. The van der Waals surface area contributed by atoms with Crippen molar-refractivity contribution in [2.45, 2.75) is 13.0 Å². The van der Waals surface area contributed by atoms with Gasteiger partial charge in [0.05, 0.1) is 24.2 Å². The SMILES string of the molecule is COc1cc(C=NNC(=O)Cc2nnc(N)s2)cc(Br)c1OCc1ccccc1Cl. The van der Waals surface area contributed by atoms with Crippen molar-refractivity contribution in [1.82, 2.24) is 15.6 Å². The zero-order valence-corrected chi connectivity index (χ0v) is 18.9. The zero-order chi connectivity index (χ0) is 21.5. The van der Waals surface area contributed by atoms with Crippen molar-refractivity contribution in [3.8, 4) is 11.5 Å². The minimum atomic E-state index is -0.326. The van der Waals surface area contributed by atoms with Crippen LogP contribution in [-0.2, 0) is 17.8 Å². The Morgan fingerprint density at radius 3 is 2.87 bits per heavy atom. The number of nitrogen functional groups attached to an aromatic ring is 1. The van der Waals surface area contributed by atoms with Crippen molar-refractivity contribution in [2.75, 3.05) is 12.8 Å². The van der Waals surface area contributed by atoms with Crippen molar-refractivity contribution in [1.29, 1.82) is 0 Å². The van der Waals surface area contributed by atoms with E-state index in [1.54, 1.807) is 25.3 Å². The Kier molecular flexibility index (Phi) is 7.61. The van der Waals surface area contributed by atoms with Gasteiger partial charge in [-0.1, -0.05) is 41.1 Å². The minimum absolute atomic E-state index is 0.0496. The summed E-state index contributed by atoms with van der Waals surface area (Å²) < 4.78 is 12.0. The first-order chi connectivity index (χ1) is 14.5. The van der Waals surface area contributed by atoms with Gasteiger partial charge in [-0.3, -0.25) is 4.79 Å². The largest absolute Gasteiger partial charge is 0.493 e. The molecule has 0 saturated heterocycles. The van der Waals surface area contributed by atoms with E-state index in [1.165, 1.54) is 6.21 Å². The van der Waals surface area contributed by atoms with Crippen LogP contribution >= 0.6 is 38.9 Å². The standard InChI is InChI=1S/C19H17BrClN5O3S/c1-28-15-7-11(9-23-24-16(27)8-17-25-26-19(22)30-17)6-13(20)18(15)29-10-12-4-2-3-5-14(12)21/h2-7,9H,8,10H2,1H3,(H2,22,26)(H,24,27). The summed E-state index contributed by atoms with van der Waals surface area (Å²) in [6.45, 7) is 0.286. The van der Waals surface area contributed by atoms with Crippen LogP contribution in [0.2, 0.25) is 5.02 Å². The highest BCUT2D eigenvalue weighted by atomic mass is 79.9. The van der Waals surface area contributed by atoms with Gasteiger partial charge in [0.2, 0.25) is 11.0 Å². The number of hydrogen-bond donors (Lipinski definition) is 2. The zero-order valence-electron chi connectivity index (χ0n) is 15.8. The van der Waals surface area contributed by atoms with Crippen LogP contribution in [0.1, 0.15) is 16.1 Å². The molecular formula is C19H17BrClN5O3S. The average molecular weight is 511 g/mol. The molecule has 0 bridgehead atoms. The Hall–Kier alpha value is -2.69. The molecule has 0 atom stereocenters. The molecule has 2 aromatic carbocycles. The van der Waals surface area contributed by atoms with Gasteiger partial charge in [0.15, 0.2) is 11.5 Å². The summed E-state index contributed by atoms with van der Waals surface area (Å²) in [7, 11) is 1.54. The lowest BCUT2D eigenvalue weighted by molar-refractivity contribution is -0.120. The van der Waals surface area contributed by atoms with Crippen LogP contribution in [0, 0.1) is 0 Å². The second-order valence-electron chi connectivity index (χ2n) is 5.92. The quantitative estimate of drug-likeness (QED) is 0.352. The molecule has 11 heteroatoms. The van der Waals surface area contributed by atoms with Crippen molar-refractivity contribution in [3.63, 3.8) is 0 Å². The Balaban J connectivity index is 1.64. The molecule has 0 aliphatic carbocycles. The Morgan fingerprint density at radius 1 is 1.37 bits per heavy atom. The fraction of sp³-hybridized carbons (Fsp3) is 0.158. The van der Waals surface area contributed by atoms with Crippen LogP contribution in [-0.4, -0.2) is 29.4 Å². The predicted octanol–water partition coefficient (Wildman–Crippen LogP) is 3.82. The number of amides is 1. The molecule has 0 unspecified atom stereocenters. The highest BCUT2D eigenvalue weighted by Gasteiger charge is 2.13. The van der Waals surface area contributed by atoms with Gasteiger partial charge < -0.3 is 15.2 Å². The summed E-state index contributed by atoms with van der Waals surface area (Å²) in [6, 6.07) is 11.0. The molecule has 0 fully saturated rings. The first-order valence-electron chi connectivity index (χ1n) is 8.59. The lowest BCUT2D eigenvalue weighted by Gasteiger charge is -2.14. The van der Waals surface area contributed by atoms with Gasteiger partial charge in [-0.2, -0.15) is 5.10 Å².